The maximum Gasteiger partial charge on any atom is 0.258 e. The Kier molecular flexibility index (Phi) is 3.54. The van der Waals surface area contributed by atoms with Crippen molar-refractivity contribution in [2.45, 2.75) is 13.8 Å². The Labute approximate surface area is 144 Å². The predicted octanol–water partition coefficient (Wildman–Crippen LogP) is 5.32. The number of nitrogens with one attached hydrogen (secondary N) is 1. The molecule has 1 N–H and O–H groups in total. The number of hydrogen-bond donors (Lipinski definition) is 1. The Morgan fingerprint density at radius 1 is 1.00 bits per heavy atom. The van der Waals surface area contributed by atoms with E-state index in [9.17, 15) is 4.79 Å². The van der Waals surface area contributed by atoms with Crippen LogP contribution in [0.1, 0.15) is 21.5 Å². The molecule has 24 heavy (non-hydrogen) atoms. The molecule has 0 saturated carbocycles. The summed E-state index contributed by atoms with van der Waals surface area (Å²) in [7, 11) is 0. The van der Waals surface area contributed by atoms with Gasteiger partial charge in [0, 0.05) is 5.56 Å². The highest BCUT2D eigenvalue weighted by atomic mass is 32.1. The smallest absolute Gasteiger partial charge is 0.258 e. The van der Waals surface area contributed by atoms with E-state index < -0.39 is 0 Å². The van der Waals surface area contributed by atoms with Gasteiger partial charge in [-0.05, 0) is 53.9 Å². The van der Waals surface area contributed by atoms with Crippen molar-refractivity contribution in [1.82, 2.24) is 4.98 Å². The molecule has 1 aromatic heterocycles. The summed E-state index contributed by atoms with van der Waals surface area (Å²) in [5, 5.41) is 5.59. The lowest BCUT2D eigenvalue weighted by Crippen LogP contribution is -2.12. The highest BCUT2D eigenvalue weighted by molar-refractivity contribution is 7.22. The van der Waals surface area contributed by atoms with E-state index in [0.717, 1.165) is 21.0 Å². The Morgan fingerprint density at radius 2 is 1.75 bits per heavy atom. The maximum atomic E-state index is 12.7. The first-order valence-corrected chi connectivity index (χ1v) is 8.60. The lowest BCUT2D eigenvalue weighted by atomic mass is 10.0. The van der Waals surface area contributed by atoms with Crippen LogP contribution in [0, 0.1) is 13.8 Å². The number of amides is 1. The molecule has 118 valence electrons. The van der Waals surface area contributed by atoms with Crippen LogP contribution in [-0.2, 0) is 0 Å². The molecule has 0 aliphatic rings. The van der Waals surface area contributed by atoms with Crippen LogP contribution < -0.4 is 5.32 Å². The fourth-order valence-electron chi connectivity index (χ4n) is 2.82. The molecule has 0 aliphatic carbocycles. The molecule has 0 atom stereocenters. The summed E-state index contributed by atoms with van der Waals surface area (Å²) in [6.07, 6.45) is 0. The van der Waals surface area contributed by atoms with Crippen molar-refractivity contribution in [3.05, 3.63) is 71.3 Å². The number of aromatic nitrogens is 1. The predicted molar refractivity (Wildman–Crippen MR) is 101 cm³/mol. The van der Waals surface area contributed by atoms with E-state index in [4.69, 9.17) is 0 Å². The molecule has 4 heteroatoms. The zero-order valence-corrected chi connectivity index (χ0v) is 14.3. The van der Waals surface area contributed by atoms with Crippen molar-refractivity contribution < 1.29 is 4.79 Å². The summed E-state index contributed by atoms with van der Waals surface area (Å²) < 4.78 is 1.09. The lowest BCUT2D eigenvalue weighted by molar-refractivity contribution is 0.102. The monoisotopic (exact) mass is 332 g/mol. The summed E-state index contributed by atoms with van der Waals surface area (Å²) in [6.45, 7) is 4.16. The average molecular weight is 332 g/mol. The zero-order valence-electron chi connectivity index (χ0n) is 13.5. The third-order valence-corrected chi connectivity index (χ3v) is 5.19. The minimum Gasteiger partial charge on any atom is -0.298 e. The number of hydrogen-bond acceptors (Lipinski definition) is 3. The molecule has 3 nitrogen and oxygen atoms in total. The Bertz CT molecular complexity index is 1040. The molecule has 0 radical (unpaired) electrons. The average Bonchev–Trinajstić information content (AvgIpc) is 2.95. The number of nitrogens with zero attached hydrogens (tertiary/aromatic N) is 1. The number of fused-ring (bicyclic) bond motifs is 2. The largest absolute Gasteiger partial charge is 0.298 e. The van der Waals surface area contributed by atoms with E-state index in [1.807, 2.05) is 42.5 Å². The van der Waals surface area contributed by atoms with E-state index in [1.165, 1.54) is 22.5 Å². The van der Waals surface area contributed by atoms with Gasteiger partial charge in [-0.15, -0.1) is 0 Å². The fraction of sp³-hybridized carbons (Fsp3) is 0.100. The van der Waals surface area contributed by atoms with Gasteiger partial charge in [0.05, 0.1) is 10.2 Å². The molecule has 4 rings (SSSR count). The SMILES string of the molecule is Cc1cc2nc(NC(=O)c3cccc4ccccc34)sc2cc1C. The van der Waals surface area contributed by atoms with Crippen LogP contribution in [0.25, 0.3) is 21.0 Å². The molecule has 1 heterocycles. The molecule has 0 fully saturated rings. The number of carbonyl (C=O) groups is 1. The lowest BCUT2D eigenvalue weighted by Gasteiger charge is -2.05. The van der Waals surface area contributed by atoms with Crippen molar-refractivity contribution in [1.29, 1.82) is 0 Å². The number of aryl methyl sites for hydroxylation is 2. The summed E-state index contributed by atoms with van der Waals surface area (Å²) in [4.78, 5) is 17.2. The molecule has 0 spiro atoms. The minimum absolute atomic E-state index is 0.126. The summed E-state index contributed by atoms with van der Waals surface area (Å²) >= 11 is 1.51. The maximum absolute atomic E-state index is 12.7. The van der Waals surface area contributed by atoms with Crippen LogP contribution in [-0.4, -0.2) is 10.9 Å². The Hall–Kier alpha value is -2.72. The zero-order chi connectivity index (χ0) is 16.7. The Morgan fingerprint density at radius 3 is 2.62 bits per heavy atom. The quantitative estimate of drug-likeness (QED) is 0.540. The number of thiazole rings is 1. The number of carbonyl (C=O) groups excluding carboxylic acids is 1. The molecule has 1 amide bonds. The normalized spacial score (nSPS) is 11.1. The fourth-order valence-corrected chi connectivity index (χ4v) is 3.76. The van der Waals surface area contributed by atoms with Crippen LogP contribution >= 0.6 is 11.3 Å². The summed E-state index contributed by atoms with van der Waals surface area (Å²) in [5.74, 6) is -0.126. The van der Waals surface area contributed by atoms with E-state index >= 15 is 0 Å². The molecular formula is C20H16N2OS. The first kappa shape index (κ1) is 14.8. The Balaban J connectivity index is 1.71. The van der Waals surface area contributed by atoms with Gasteiger partial charge in [0.15, 0.2) is 5.13 Å². The van der Waals surface area contributed by atoms with E-state index in [2.05, 4.69) is 36.3 Å². The van der Waals surface area contributed by atoms with Gasteiger partial charge >= 0.3 is 0 Å². The topological polar surface area (TPSA) is 42.0 Å². The van der Waals surface area contributed by atoms with E-state index in [0.29, 0.717) is 10.7 Å². The minimum atomic E-state index is -0.126. The van der Waals surface area contributed by atoms with Gasteiger partial charge in [0.1, 0.15) is 0 Å². The van der Waals surface area contributed by atoms with Crippen molar-refractivity contribution in [3.63, 3.8) is 0 Å². The molecule has 3 aromatic carbocycles. The molecule has 0 bridgehead atoms. The first-order chi connectivity index (χ1) is 11.6. The molecule has 0 saturated heterocycles. The van der Waals surface area contributed by atoms with Gasteiger partial charge in [-0.25, -0.2) is 4.98 Å². The molecule has 4 aromatic rings. The van der Waals surface area contributed by atoms with Crippen molar-refractivity contribution >= 4 is 43.4 Å². The summed E-state index contributed by atoms with van der Waals surface area (Å²) in [5.41, 5.74) is 4.04. The van der Waals surface area contributed by atoms with Gasteiger partial charge in [-0.1, -0.05) is 47.7 Å². The van der Waals surface area contributed by atoms with E-state index in [-0.39, 0.29) is 5.91 Å². The van der Waals surface area contributed by atoms with Gasteiger partial charge in [-0.2, -0.15) is 0 Å². The van der Waals surface area contributed by atoms with Crippen LogP contribution in [0.3, 0.4) is 0 Å². The number of rotatable bonds is 2. The first-order valence-electron chi connectivity index (χ1n) is 7.79. The van der Waals surface area contributed by atoms with Crippen LogP contribution in [0.15, 0.2) is 54.6 Å². The van der Waals surface area contributed by atoms with Gasteiger partial charge in [0.2, 0.25) is 0 Å². The standard InChI is InChI=1S/C20H16N2OS/c1-12-10-17-18(11-13(12)2)24-20(21-17)22-19(23)16-9-5-7-14-6-3-4-8-15(14)16/h3-11H,1-2H3,(H,21,22,23). The number of anilines is 1. The second kappa shape index (κ2) is 5.73. The van der Waals surface area contributed by atoms with Crippen LogP contribution in [0.5, 0.6) is 0 Å². The van der Waals surface area contributed by atoms with Crippen molar-refractivity contribution in [3.8, 4) is 0 Å². The van der Waals surface area contributed by atoms with Crippen molar-refractivity contribution in [2.75, 3.05) is 5.32 Å². The second-order valence-electron chi connectivity index (χ2n) is 5.90. The van der Waals surface area contributed by atoms with Crippen molar-refractivity contribution in [2.24, 2.45) is 0 Å². The second-order valence-corrected chi connectivity index (χ2v) is 6.93. The molecule has 0 aliphatic heterocycles. The summed E-state index contributed by atoms with van der Waals surface area (Å²) in [6, 6.07) is 17.8. The van der Waals surface area contributed by atoms with Crippen LogP contribution in [0.4, 0.5) is 5.13 Å². The number of benzene rings is 3. The third-order valence-electron chi connectivity index (χ3n) is 4.26. The highest BCUT2D eigenvalue weighted by Crippen LogP contribution is 2.29. The van der Waals surface area contributed by atoms with Crippen LogP contribution in [0.2, 0.25) is 0 Å². The molecular weight excluding hydrogens is 316 g/mol. The van der Waals surface area contributed by atoms with Gasteiger partial charge in [0.25, 0.3) is 5.91 Å². The highest BCUT2D eigenvalue weighted by Gasteiger charge is 2.13. The van der Waals surface area contributed by atoms with Gasteiger partial charge < -0.3 is 0 Å². The van der Waals surface area contributed by atoms with E-state index in [1.54, 1.807) is 0 Å². The third kappa shape index (κ3) is 2.55. The van der Waals surface area contributed by atoms with Gasteiger partial charge in [-0.3, -0.25) is 10.1 Å². The molecule has 0 unspecified atom stereocenters.